The number of para-hydroxylation sites is 1. The molecule has 0 bridgehead atoms. The maximum Gasteiger partial charge on any atom is 0.315 e. The Morgan fingerprint density at radius 2 is 2.05 bits per heavy atom. The van der Waals surface area contributed by atoms with E-state index in [-0.39, 0.29) is 16.7 Å². The van der Waals surface area contributed by atoms with E-state index >= 15 is 0 Å². The summed E-state index contributed by atoms with van der Waals surface area (Å²) in [6.45, 7) is 3.39. The van der Waals surface area contributed by atoms with Gasteiger partial charge >= 0.3 is 5.69 Å². The average Bonchev–Trinajstić information content (AvgIpc) is 2.88. The third-order valence-corrected chi connectivity index (χ3v) is 3.88. The Morgan fingerprint density at radius 3 is 2.62 bits per heavy atom. The van der Waals surface area contributed by atoms with Crippen LogP contribution in [-0.4, -0.2) is 29.2 Å². The predicted molar refractivity (Wildman–Crippen MR) is 83.7 cm³/mol. The number of hydrogen-bond acceptors (Lipinski definition) is 5. The first-order valence-corrected chi connectivity index (χ1v) is 7.55. The number of anilines is 2. The number of nitro groups is 1. The van der Waals surface area contributed by atoms with Gasteiger partial charge < -0.3 is 15.7 Å². The zero-order chi connectivity index (χ0) is 15.2. The van der Waals surface area contributed by atoms with Crippen molar-refractivity contribution in [1.29, 1.82) is 0 Å². The van der Waals surface area contributed by atoms with Gasteiger partial charge in [-0.1, -0.05) is 13.0 Å². The fraction of sp³-hybridized carbons (Fsp3) is 0.600. The van der Waals surface area contributed by atoms with Gasteiger partial charge in [-0.2, -0.15) is 0 Å². The molecule has 1 aliphatic carbocycles. The molecule has 0 heterocycles. The van der Waals surface area contributed by atoms with Crippen LogP contribution in [-0.2, 0) is 0 Å². The Labute approximate surface area is 124 Å². The maximum absolute atomic E-state index is 11.3. The summed E-state index contributed by atoms with van der Waals surface area (Å²) < 4.78 is 0. The van der Waals surface area contributed by atoms with Crippen LogP contribution < -0.4 is 10.6 Å². The van der Waals surface area contributed by atoms with E-state index < -0.39 is 0 Å². The lowest BCUT2D eigenvalue weighted by Crippen LogP contribution is -2.14. The van der Waals surface area contributed by atoms with Crippen LogP contribution in [0.1, 0.15) is 32.6 Å². The second-order valence-electron chi connectivity index (χ2n) is 5.60. The Morgan fingerprint density at radius 1 is 1.33 bits per heavy atom. The molecule has 6 nitrogen and oxygen atoms in total. The summed E-state index contributed by atoms with van der Waals surface area (Å²) in [5.41, 5.74) is 1.20. The molecule has 116 valence electrons. The Balaban J connectivity index is 2.08. The van der Waals surface area contributed by atoms with Crippen molar-refractivity contribution < 1.29 is 10.0 Å². The van der Waals surface area contributed by atoms with Crippen LogP contribution in [0, 0.1) is 16.0 Å². The number of nitrogens with zero attached hydrogens (tertiary/aromatic N) is 1. The van der Waals surface area contributed by atoms with E-state index in [9.17, 15) is 15.2 Å². The van der Waals surface area contributed by atoms with Crippen molar-refractivity contribution in [3.05, 3.63) is 28.3 Å². The second-order valence-corrected chi connectivity index (χ2v) is 5.60. The minimum Gasteiger partial charge on any atom is -0.393 e. The first-order valence-electron chi connectivity index (χ1n) is 7.55. The molecular formula is C15H23N3O3. The summed E-state index contributed by atoms with van der Waals surface area (Å²) in [7, 11) is 0. The van der Waals surface area contributed by atoms with Crippen LogP contribution >= 0.6 is 0 Å². The summed E-state index contributed by atoms with van der Waals surface area (Å²) in [4.78, 5) is 11.0. The number of nitrogens with one attached hydrogen (secondary N) is 2. The number of benzene rings is 1. The molecule has 1 aliphatic rings. The highest BCUT2D eigenvalue weighted by atomic mass is 16.6. The molecule has 0 radical (unpaired) electrons. The fourth-order valence-electron chi connectivity index (χ4n) is 2.77. The molecule has 0 amide bonds. The second kappa shape index (κ2) is 7.26. The molecule has 2 rings (SSSR count). The molecule has 0 spiro atoms. The smallest absolute Gasteiger partial charge is 0.315 e. The molecular weight excluding hydrogens is 270 g/mol. The lowest BCUT2D eigenvalue weighted by molar-refractivity contribution is -0.383. The van der Waals surface area contributed by atoms with Gasteiger partial charge in [0.05, 0.1) is 11.0 Å². The highest BCUT2D eigenvalue weighted by Gasteiger charge is 2.24. The van der Waals surface area contributed by atoms with Crippen LogP contribution in [0.5, 0.6) is 0 Å². The highest BCUT2D eigenvalue weighted by Crippen LogP contribution is 2.34. The molecule has 1 aromatic rings. The molecule has 6 heteroatoms. The van der Waals surface area contributed by atoms with Crippen molar-refractivity contribution in [2.75, 3.05) is 23.7 Å². The lowest BCUT2D eigenvalue weighted by atomic mass is 10.1. The number of rotatable bonds is 7. The van der Waals surface area contributed by atoms with E-state index in [0.717, 1.165) is 25.7 Å². The van der Waals surface area contributed by atoms with Gasteiger partial charge in [-0.3, -0.25) is 10.1 Å². The van der Waals surface area contributed by atoms with E-state index in [1.54, 1.807) is 12.1 Å². The average molecular weight is 293 g/mol. The van der Waals surface area contributed by atoms with Crippen molar-refractivity contribution in [3.8, 4) is 0 Å². The molecule has 2 unspecified atom stereocenters. The molecule has 0 aromatic heterocycles. The molecule has 3 N–H and O–H groups in total. The van der Waals surface area contributed by atoms with Gasteiger partial charge in [0.15, 0.2) is 0 Å². The van der Waals surface area contributed by atoms with Gasteiger partial charge in [0, 0.05) is 13.1 Å². The van der Waals surface area contributed by atoms with Crippen molar-refractivity contribution in [3.63, 3.8) is 0 Å². The summed E-state index contributed by atoms with van der Waals surface area (Å²) in [6, 6.07) is 5.29. The quantitative estimate of drug-likeness (QED) is 0.531. The third-order valence-electron chi connectivity index (χ3n) is 3.88. The summed E-state index contributed by atoms with van der Waals surface area (Å²) in [5.74, 6) is 0.381. The van der Waals surface area contributed by atoms with Crippen molar-refractivity contribution in [2.45, 2.75) is 38.7 Å². The number of hydrogen-bond donors (Lipinski definition) is 3. The molecule has 1 aromatic carbocycles. The summed E-state index contributed by atoms with van der Waals surface area (Å²) in [6.07, 6.45) is 3.26. The van der Waals surface area contributed by atoms with E-state index in [1.165, 1.54) is 0 Å². The normalized spacial score (nSPS) is 21.2. The third kappa shape index (κ3) is 4.07. The minimum atomic E-state index is -0.343. The summed E-state index contributed by atoms with van der Waals surface area (Å²) in [5, 5.41) is 27.2. The zero-order valence-electron chi connectivity index (χ0n) is 12.3. The first-order chi connectivity index (χ1) is 10.1. The van der Waals surface area contributed by atoms with Crippen LogP contribution in [0.15, 0.2) is 18.2 Å². The predicted octanol–water partition coefficient (Wildman–Crippen LogP) is 2.99. The maximum atomic E-state index is 11.3. The van der Waals surface area contributed by atoms with Crippen LogP contribution in [0.25, 0.3) is 0 Å². The molecule has 1 saturated carbocycles. The van der Waals surface area contributed by atoms with Crippen LogP contribution in [0.4, 0.5) is 17.1 Å². The largest absolute Gasteiger partial charge is 0.393 e. The van der Waals surface area contributed by atoms with E-state index in [4.69, 9.17) is 0 Å². The van der Waals surface area contributed by atoms with Gasteiger partial charge in [0.25, 0.3) is 0 Å². The fourth-order valence-corrected chi connectivity index (χ4v) is 2.77. The van der Waals surface area contributed by atoms with Crippen molar-refractivity contribution in [1.82, 2.24) is 0 Å². The van der Waals surface area contributed by atoms with Gasteiger partial charge in [0.2, 0.25) is 0 Å². The SMILES string of the molecule is CCCNc1cccc(NCC2CCC(O)C2)c1[N+](=O)[O-]. The van der Waals surface area contributed by atoms with Crippen molar-refractivity contribution >= 4 is 17.1 Å². The number of nitro benzene ring substituents is 1. The monoisotopic (exact) mass is 293 g/mol. The molecule has 2 atom stereocenters. The van der Waals surface area contributed by atoms with E-state index in [1.807, 2.05) is 13.0 Å². The molecule has 0 aliphatic heterocycles. The topological polar surface area (TPSA) is 87.4 Å². The van der Waals surface area contributed by atoms with Gasteiger partial charge in [-0.15, -0.1) is 0 Å². The lowest BCUT2D eigenvalue weighted by Gasteiger charge is -2.14. The molecule has 1 fully saturated rings. The Bertz CT molecular complexity index is 493. The van der Waals surface area contributed by atoms with Gasteiger partial charge in [-0.25, -0.2) is 0 Å². The van der Waals surface area contributed by atoms with Gasteiger partial charge in [0.1, 0.15) is 11.4 Å². The number of aliphatic hydroxyl groups excluding tert-OH is 1. The molecule has 21 heavy (non-hydrogen) atoms. The Hall–Kier alpha value is -1.82. The number of aliphatic hydroxyl groups is 1. The minimum absolute atomic E-state index is 0.101. The highest BCUT2D eigenvalue weighted by molar-refractivity contribution is 5.76. The zero-order valence-corrected chi connectivity index (χ0v) is 12.3. The van der Waals surface area contributed by atoms with Crippen LogP contribution in [0.2, 0.25) is 0 Å². The van der Waals surface area contributed by atoms with Crippen LogP contribution in [0.3, 0.4) is 0 Å². The van der Waals surface area contributed by atoms with E-state index in [2.05, 4.69) is 10.6 Å². The standard InChI is InChI=1S/C15H23N3O3/c1-2-8-16-13-4-3-5-14(15(13)18(20)21)17-10-11-6-7-12(19)9-11/h3-5,11-12,16-17,19H,2,6-10H2,1H3. The van der Waals surface area contributed by atoms with Crippen molar-refractivity contribution in [2.24, 2.45) is 5.92 Å². The van der Waals surface area contributed by atoms with Gasteiger partial charge in [-0.05, 0) is 43.7 Å². The Kier molecular flexibility index (Phi) is 5.38. The summed E-state index contributed by atoms with van der Waals surface area (Å²) >= 11 is 0. The van der Waals surface area contributed by atoms with E-state index in [0.29, 0.717) is 30.4 Å². The molecule has 0 saturated heterocycles. The first kappa shape index (κ1) is 15.6.